The first-order chi connectivity index (χ1) is 10.4. The van der Waals surface area contributed by atoms with Crippen LogP contribution in [-0.2, 0) is 9.59 Å². The van der Waals surface area contributed by atoms with E-state index in [1.807, 2.05) is 0 Å². The van der Waals surface area contributed by atoms with Crippen LogP contribution in [0.1, 0.15) is 47.0 Å². The van der Waals surface area contributed by atoms with Crippen LogP contribution >= 0.6 is 0 Å². The Kier molecular flexibility index (Phi) is 6.48. The van der Waals surface area contributed by atoms with E-state index < -0.39 is 30.0 Å². The van der Waals surface area contributed by atoms with Crippen LogP contribution in [0, 0.1) is 11.3 Å². The van der Waals surface area contributed by atoms with E-state index in [0.717, 1.165) is 4.90 Å². The molecular formula is C16H27F3N2O2. The molecule has 0 saturated carbocycles. The van der Waals surface area contributed by atoms with Crippen LogP contribution in [0.25, 0.3) is 0 Å². The summed E-state index contributed by atoms with van der Waals surface area (Å²) >= 11 is 0. The molecule has 0 aromatic rings. The molecule has 1 heterocycles. The molecule has 7 heteroatoms. The lowest BCUT2D eigenvalue weighted by Gasteiger charge is -2.37. The lowest BCUT2D eigenvalue weighted by atomic mass is 9.92. The summed E-state index contributed by atoms with van der Waals surface area (Å²) in [7, 11) is 0. The van der Waals surface area contributed by atoms with Crippen molar-refractivity contribution in [3.8, 4) is 0 Å². The average molecular weight is 336 g/mol. The molecule has 1 fully saturated rings. The van der Waals surface area contributed by atoms with Gasteiger partial charge in [-0.2, -0.15) is 13.2 Å². The number of nitrogens with zero attached hydrogens (tertiary/aromatic N) is 2. The number of piperidine rings is 1. The van der Waals surface area contributed by atoms with Gasteiger partial charge in [-0.25, -0.2) is 0 Å². The third-order valence-electron chi connectivity index (χ3n) is 3.77. The summed E-state index contributed by atoms with van der Waals surface area (Å²) in [6, 6.07) is 0. The highest BCUT2D eigenvalue weighted by Gasteiger charge is 2.38. The Labute approximate surface area is 136 Å². The van der Waals surface area contributed by atoms with Crippen LogP contribution in [-0.4, -0.2) is 54.0 Å². The van der Waals surface area contributed by atoms with Gasteiger partial charge in [0, 0.05) is 26.1 Å². The number of amides is 2. The highest BCUT2D eigenvalue weighted by atomic mass is 19.4. The van der Waals surface area contributed by atoms with Crippen molar-refractivity contribution in [2.75, 3.05) is 26.2 Å². The van der Waals surface area contributed by atoms with E-state index >= 15 is 0 Å². The van der Waals surface area contributed by atoms with Gasteiger partial charge in [-0.3, -0.25) is 9.59 Å². The van der Waals surface area contributed by atoms with Crippen LogP contribution in [0.3, 0.4) is 0 Å². The zero-order valence-electron chi connectivity index (χ0n) is 14.4. The minimum atomic E-state index is -4.42. The predicted octanol–water partition coefficient (Wildman–Crippen LogP) is 3.07. The zero-order chi connectivity index (χ0) is 17.8. The number of carbonyl (C=O) groups excluding carboxylic acids is 2. The minimum absolute atomic E-state index is 0.0452. The van der Waals surface area contributed by atoms with E-state index in [4.69, 9.17) is 0 Å². The first-order valence-corrected chi connectivity index (χ1v) is 8.06. The van der Waals surface area contributed by atoms with Crippen molar-refractivity contribution < 1.29 is 22.8 Å². The number of rotatable bonds is 4. The molecule has 0 bridgehead atoms. The molecule has 1 aliphatic heterocycles. The lowest BCUT2D eigenvalue weighted by Crippen LogP contribution is -2.50. The van der Waals surface area contributed by atoms with Gasteiger partial charge >= 0.3 is 6.18 Å². The molecule has 2 amide bonds. The first-order valence-electron chi connectivity index (χ1n) is 8.06. The van der Waals surface area contributed by atoms with E-state index in [-0.39, 0.29) is 19.0 Å². The van der Waals surface area contributed by atoms with Crippen LogP contribution in [0.4, 0.5) is 13.2 Å². The maximum absolute atomic E-state index is 12.8. The van der Waals surface area contributed by atoms with Gasteiger partial charge in [-0.05, 0) is 18.3 Å². The van der Waals surface area contributed by atoms with E-state index in [2.05, 4.69) is 0 Å². The highest BCUT2D eigenvalue weighted by molar-refractivity contribution is 5.81. The highest BCUT2D eigenvalue weighted by Crippen LogP contribution is 2.26. The third kappa shape index (κ3) is 6.79. The lowest BCUT2D eigenvalue weighted by molar-refractivity contribution is -0.167. The van der Waals surface area contributed by atoms with Gasteiger partial charge in [0.25, 0.3) is 0 Å². The molecule has 0 spiro atoms. The van der Waals surface area contributed by atoms with Gasteiger partial charge in [0.2, 0.25) is 11.8 Å². The van der Waals surface area contributed by atoms with Gasteiger partial charge < -0.3 is 9.80 Å². The normalized spacial score (nSPS) is 19.6. The number of carbonyl (C=O) groups is 2. The molecule has 0 unspecified atom stereocenters. The van der Waals surface area contributed by atoms with Gasteiger partial charge in [0.15, 0.2) is 0 Å². The van der Waals surface area contributed by atoms with Crippen molar-refractivity contribution in [1.29, 1.82) is 0 Å². The van der Waals surface area contributed by atoms with Crippen molar-refractivity contribution in [2.24, 2.45) is 11.3 Å². The molecule has 23 heavy (non-hydrogen) atoms. The Morgan fingerprint density at radius 2 is 1.78 bits per heavy atom. The fourth-order valence-corrected chi connectivity index (χ4v) is 2.89. The maximum Gasteiger partial charge on any atom is 0.406 e. The Morgan fingerprint density at radius 3 is 2.26 bits per heavy atom. The molecule has 1 rings (SSSR count). The molecule has 134 valence electrons. The third-order valence-corrected chi connectivity index (χ3v) is 3.77. The van der Waals surface area contributed by atoms with E-state index in [1.165, 1.54) is 0 Å². The van der Waals surface area contributed by atoms with Crippen LogP contribution in [0.15, 0.2) is 0 Å². The number of halogens is 3. The van der Waals surface area contributed by atoms with Gasteiger partial charge in [-0.15, -0.1) is 0 Å². The van der Waals surface area contributed by atoms with Crippen molar-refractivity contribution in [3.05, 3.63) is 0 Å². The monoisotopic (exact) mass is 336 g/mol. The summed E-state index contributed by atoms with van der Waals surface area (Å²) in [5.41, 5.74) is -0.422. The summed E-state index contributed by atoms with van der Waals surface area (Å²) in [5.74, 6) is -1.09. The number of likely N-dealkylation sites (tertiary alicyclic amines) is 1. The van der Waals surface area contributed by atoms with Gasteiger partial charge in [0.1, 0.15) is 6.54 Å². The largest absolute Gasteiger partial charge is 0.406 e. The standard InChI is InChI=1S/C16H27F3N2O2/c1-5-13(22)20-8-6-7-12(9-20)14(23)21(10-15(2,3)4)11-16(17,18)19/h12H,5-11H2,1-4H3/t12-/m0/s1. The summed E-state index contributed by atoms with van der Waals surface area (Å²) in [5, 5.41) is 0. The fraction of sp³-hybridized carbons (Fsp3) is 0.875. The summed E-state index contributed by atoms with van der Waals surface area (Å²) in [4.78, 5) is 26.9. The Balaban J connectivity index is 2.84. The summed E-state index contributed by atoms with van der Waals surface area (Å²) < 4.78 is 38.4. The number of hydrogen-bond acceptors (Lipinski definition) is 2. The second-order valence-electron chi connectivity index (χ2n) is 7.40. The molecule has 0 radical (unpaired) electrons. The van der Waals surface area contributed by atoms with Gasteiger partial charge in [0.05, 0.1) is 5.92 Å². The zero-order valence-corrected chi connectivity index (χ0v) is 14.4. The molecule has 4 nitrogen and oxygen atoms in total. The minimum Gasteiger partial charge on any atom is -0.342 e. The Bertz CT molecular complexity index is 414. The molecule has 0 aliphatic carbocycles. The van der Waals surface area contributed by atoms with E-state index in [9.17, 15) is 22.8 Å². The molecule has 1 saturated heterocycles. The van der Waals surface area contributed by atoms with Crippen molar-refractivity contribution in [3.63, 3.8) is 0 Å². The van der Waals surface area contributed by atoms with Crippen LogP contribution in [0.2, 0.25) is 0 Å². The second-order valence-corrected chi connectivity index (χ2v) is 7.40. The SMILES string of the molecule is CCC(=O)N1CCC[C@H](C(=O)N(CC(C)(C)C)CC(F)(F)F)C1. The quantitative estimate of drug-likeness (QED) is 0.792. The average Bonchev–Trinajstić information content (AvgIpc) is 2.42. The second kappa shape index (κ2) is 7.53. The number of alkyl halides is 3. The fourth-order valence-electron chi connectivity index (χ4n) is 2.89. The molecule has 0 aromatic carbocycles. The van der Waals surface area contributed by atoms with E-state index in [0.29, 0.717) is 25.8 Å². The first kappa shape index (κ1) is 19.8. The molecular weight excluding hydrogens is 309 g/mol. The predicted molar refractivity (Wildman–Crippen MR) is 81.7 cm³/mol. The summed E-state index contributed by atoms with van der Waals surface area (Å²) in [6.45, 7) is 6.76. The van der Waals surface area contributed by atoms with Crippen LogP contribution in [0.5, 0.6) is 0 Å². The molecule has 0 aromatic heterocycles. The molecule has 0 N–H and O–H groups in total. The Morgan fingerprint density at radius 1 is 1.17 bits per heavy atom. The summed E-state index contributed by atoms with van der Waals surface area (Å²) in [6.07, 6.45) is -2.90. The van der Waals surface area contributed by atoms with Crippen molar-refractivity contribution in [2.45, 2.75) is 53.1 Å². The van der Waals surface area contributed by atoms with Crippen molar-refractivity contribution >= 4 is 11.8 Å². The molecule has 1 atom stereocenters. The topological polar surface area (TPSA) is 40.6 Å². The van der Waals surface area contributed by atoms with Gasteiger partial charge in [-0.1, -0.05) is 27.7 Å². The smallest absolute Gasteiger partial charge is 0.342 e. The van der Waals surface area contributed by atoms with E-state index in [1.54, 1.807) is 32.6 Å². The Hall–Kier alpha value is -1.27. The maximum atomic E-state index is 12.8. The van der Waals surface area contributed by atoms with Crippen molar-refractivity contribution in [1.82, 2.24) is 9.80 Å². The molecule has 1 aliphatic rings. The number of hydrogen-bond donors (Lipinski definition) is 0. The van der Waals surface area contributed by atoms with Crippen LogP contribution < -0.4 is 0 Å².